The van der Waals surface area contributed by atoms with Gasteiger partial charge in [0.1, 0.15) is 17.7 Å². The summed E-state index contributed by atoms with van der Waals surface area (Å²) in [5.74, 6) is 0.609. The maximum absolute atomic E-state index is 14.5. The number of nitrogens with one attached hydrogen (secondary N) is 1. The van der Waals surface area contributed by atoms with Crippen LogP contribution in [0.3, 0.4) is 0 Å². The minimum absolute atomic E-state index is 0.163. The monoisotopic (exact) mass is 603 g/mol. The summed E-state index contributed by atoms with van der Waals surface area (Å²) >= 11 is 12.8. The number of rotatable bonds is 6. The molecule has 1 saturated carbocycles. The summed E-state index contributed by atoms with van der Waals surface area (Å²) in [5.41, 5.74) is 2.03. The molecule has 1 fully saturated rings. The highest BCUT2D eigenvalue weighted by atomic mass is 35.5. The van der Waals surface area contributed by atoms with Crippen LogP contribution in [0, 0.1) is 6.92 Å². The second kappa shape index (κ2) is 9.47. The summed E-state index contributed by atoms with van der Waals surface area (Å²) in [6.45, 7) is 5.84. The minimum Gasteiger partial charge on any atom is -0.496 e. The van der Waals surface area contributed by atoms with Gasteiger partial charge in [-0.05, 0) is 63.4 Å². The number of aryl methyl sites for hydroxylation is 1. The smallest absolute Gasteiger partial charge is 0.280 e. The van der Waals surface area contributed by atoms with Gasteiger partial charge in [-0.15, -0.1) is 0 Å². The molecule has 2 amide bonds. The summed E-state index contributed by atoms with van der Waals surface area (Å²) in [5, 5.41) is 3.89. The molecule has 1 aliphatic carbocycles. The maximum atomic E-state index is 14.5. The van der Waals surface area contributed by atoms with Gasteiger partial charge in [0, 0.05) is 39.6 Å². The second-order valence-corrected chi connectivity index (χ2v) is 11.9. The van der Waals surface area contributed by atoms with Crippen LogP contribution in [0.25, 0.3) is 11.4 Å². The molecule has 3 aliphatic rings. The fourth-order valence-corrected chi connectivity index (χ4v) is 6.34. The number of halogens is 2. The van der Waals surface area contributed by atoms with E-state index in [1.165, 1.54) is 4.90 Å². The Bertz CT molecular complexity index is 1820. The summed E-state index contributed by atoms with van der Waals surface area (Å²) in [6.07, 6.45) is 3.81. The standard InChI is InChI=1S/C31H27Cl2N5O4/c1-15(2)37-27-26(36-28(37)20-14-34-25(13-24(20)41-4)42-19-8-9-19)29(39)38(23-12-18(33)6-5-16(23)3)31(27)21-10-7-17(32)11-22(21)35-30(31)40/h5-7,10-15,19H,8-9H2,1-4H3,(H,35,40). The first kappa shape index (κ1) is 26.8. The fraction of sp³-hybridized carbons (Fsp3) is 0.290. The number of hydrogen-bond donors (Lipinski definition) is 1. The lowest BCUT2D eigenvalue weighted by Crippen LogP contribution is -2.51. The van der Waals surface area contributed by atoms with Crippen molar-refractivity contribution in [3.8, 4) is 23.0 Å². The van der Waals surface area contributed by atoms with E-state index in [2.05, 4.69) is 10.3 Å². The first-order valence-corrected chi connectivity index (χ1v) is 14.5. The number of methoxy groups -OCH3 is 1. The van der Waals surface area contributed by atoms with E-state index in [9.17, 15) is 9.59 Å². The van der Waals surface area contributed by atoms with Crippen LogP contribution >= 0.6 is 23.2 Å². The predicted molar refractivity (Wildman–Crippen MR) is 160 cm³/mol. The molecule has 4 aromatic rings. The summed E-state index contributed by atoms with van der Waals surface area (Å²) < 4.78 is 13.6. The minimum atomic E-state index is -1.58. The Kier molecular flexibility index (Phi) is 6.04. The summed E-state index contributed by atoms with van der Waals surface area (Å²) in [4.78, 5) is 39.9. The molecule has 4 heterocycles. The van der Waals surface area contributed by atoms with Crippen molar-refractivity contribution in [1.29, 1.82) is 0 Å². The van der Waals surface area contributed by atoms with Crippen molar-refractivity contribution in [2.45, 2.75) is 51.3 Å². The van der Waals surface area contributed by atoms with Gasteiger partial charge in [0.15, 0.2) is 11.2 Å². The number of carbonyl (C=O) groups excluding carboxylic acids is 2. The largest absolute Gasteiger partial charge is 0.496 e. The number of hydrogen-bond acceptors (Lipinski definition) is 6. The van der Waals surface area contributed by atoms with Crippen molar-refractivity contribution in [2.24, 2.45) is 0 Å². The topological polar surface area (TPSA) is 98.6 Å². The van der Waals surface area contributed by atoms with E-state index in [0.717, 1.165) is 18.4 Å². The van der Waals surface area contributed by atoms with Crippen molar-refractivity contribution < 1.29 is 19.1 Å². The molecule has 0 radical (unpaired) electrons. The Hall–Kier alpha value is -4.08. The number of ether oxygens (including phenoxy) is 2. The van der Waals surface area contributed by atoms with Crippen LogP contribution in [-0.2, 0) is 10.3 Å². The number of fused-ring (bicyclic) bond motifs is 4. The van der Waals surface area contributed by atoms with Crippen LogP contribution in [0.4, 0.5) is 11.4 Å². The lowest BCUT2D eigenvalue weighted by molar-refractivity contribution is -0.119. The van der Waals surface area contributed by atoms with Crippen molar-refractivity contribution in [1.82, 2.24) is 14.5 Å². The molecular formula is C31H27Cl2N5O4. The van der Waals surface area contributed by atoms with Crippen molar-refractivity contribution in [3.63, 3.8) is 0 Å². The molecule has 1 N–H and O–H groups in total. The Labute approximate surface area is 252 Å². The highest BCUT2D eigenvalue weighted by Gasteiger charge is 2.64. The molecule has 1 unspecified atom stereocenters. The van der Waals surface area contributed by atoms with E-state index in [0.29, 0.717) is 55.7 Å². The third-order valence-electron chi connectivity index (χ3n) is 7.99. The quantitative estimate of drug-likeness (QED) is 0.268. The van der Waals surface area contributed by atoms with Crippen LogP contribution in [0.15, 0.2) is 48.7 Å². The Morgan fingerprint density at radius 3 is 2.52 bits per heavy atom. The number of nitrogens with zero attached hydrogens (tertiary/aromatic N) is 4. The van der Waals surface area contributed by atoms with Crippen LogP contribution in [0.2, 0.25) is 10.0 Å². The second-order valence-electron chi connectivity index (χ2n) is 11.1. The molecule has 0 bridgehead atoms. The molecular weight excluding hydrogens is 577 g/mol. The predicted octanol–water partition coefficient (Wildman–Crippen LogP) is 6.55. The zero-order valence-corrected chi connectivity index (χ0v) is 24.9. The van der Waals surface area contributed by atoms with E-state index in [1.54, 1.807) is 49.7 Å². The highest BCUT2D eigenvalue weighted by molar-refractivity contribution is 6.32. The number of imidazole rings is 1. The van der Waals surface area contributed by atoms with Gasteiger partial charge in [-0.1, -0.05) is 35.3 Å². The van der Waals surface area contributed by atoms with Crippen LogP contribution in [-0.4, -0.2) is 39.6 Å². The molecule has 1 spiro atoms. The average molecular weight is 604 g/mol. The van der Waals surface area contributed by atoms with Gasteiger partial charge in [0.2, 0.25) is 5.88 Å². The fourth-order valence-electron chi connectivity index (χ4n) is 6.00. The SMILES string of the molecule is COc1cc(OC2CC2)ncc1-c1nc2c(n1C(C)C)C1(C(=O)Nc3cc(Cl)ccc31)N(c1cc(Cl)ccc1C)C2=O. The maximum Gasteiger partial charge on any atom is 0.280 e. The molecule has 2 aliphatic heterocycles. The van der Waals surface area contributed by atoms with E-state index in [-0.39, 0.29) is 17.8 Å². The Morgan fingerprint density at radius 2 is 1.81 bits per heavy atom. The third-order valence-corrected chi connectivity index (χ3v) is 8.46. The molecule has 42 heavy (non-hydrogen) atoms. The molecule has 2 aromatic carbocycles. The van der Waals surface area contributed by atoms with Crippen LogP contribution < -0.4 is 19.7 Å². The van der Waals surface area contributed by atoms with Gasteiger partial charge in [-0.2, -0.15) is 0 Å². The van der Waals surface area contributed by atoms with Gasteiger partial charge in [-0.25, -0.2) is 9.97 Å². The molecule has 0 saturated heterocycles. The molecule has 9 nitrogen and oxygen atoms in total. The van der Waals surface area contributed by atoms with Crippen LogP contribution in [0.1, 0.15) is 60.0 Å². The van der Waals surface area contributed by atoms with Gasteiger partial charge >= 0.3 is 0 Å². The summed E-state index contributed by atoms with van der Waals surface area (Å²) in [7, 11) is 1.57. The number of pyridine rings is 1. The molecule has 11 heteroatoms. The lowest BCUT2D eigenvalue weighted by atomic mass is 9.86. The number of carbonyl (C=O) groups is 2. The van der Waals surface area contributed by atoms with E-state index in [1.807, 2.05) is 31.4 Å². The summed E-state index contributed by atoms with van der Waals surface area (Å²) in [6, 6.07) is 12.0. The van der Waals surface area contributed by atoms with Gasteiger partial charge < -0.3 is 19.4 Å². The lowest BCUT2D eigenvalue weighted by Gasteiger charge is -2.36. The number of amides is 2. The van der Waals surface area contributed by atoms with Crippen molar-refractivity contribution >= 4 is 46.4 Å². The molecule has 214 valence electrons. The molecule has 1 atom stereocenters. The molecule has 2 aromatic heterocycles. The molecule has 7 rings (SSSR count). The average Bonchev–Trinajstić information content (AvgIpc) is 3.53. The van der Waals surface area contributed by atoms with E-state index < -0.39 is 17.4 Å². The first-order valence-electron chi connectivity index (χ1n) is 13.7. The highest BCUT2D eigenvalue weighted by Crippen LogP contribution is 2.55. The van der Waals surface area contributed by atoms with Gasteiger partial charge in [0.05, 0.1) is 24.1 Å². The number of anilines is 2. The van der Waals surface area contributed by atoms with Gasteiger partial charge in [-0.3, -0.25) is 14.5 Å². The zero-order valence-electron chi connectivity index (χ0n) is 23.4. The normalized spacial score (nSPS) is 19.0. The van der Waals surface area contributed by atoms with E-state index in [4.69, 9.17) is 37.7 Å². The van der Waals surface area contributed by atoms with Gasteiger partial charge in [0.25, 0.3) is 11.8 Å². The van der Waals surface area contributed by atoms with Crippen LogP contribution in [0.5, 0.6) is 11.6 Å². The Balaban J connectivity index is 1.52. The van der Waals surface area contributed by atoms with Crippen molar-refractivity contribution in [3.05, 3.63) is 81.2 Å². The first-order chi connectivity index (χ1) is 20.1. The van der Waals surface area contributed by atoms with E-state index >= 15 is 0 Å². The number of aromatic nitrogens is 3. The third kappa shape index (κ3) is 3.76. The van der Waals surface area contributed by atoms with Crippen molar-refractivity contribution in [2.75, 3.05) is 17.3 Å². The Morgan fingerprint density at radius 1 is 1.07 bits per heavy atom. The zero-order chi connectivity index (χ0) is 29.5. The number of benzene rings is 2.